The lowest BCUT2D eigenvalue weighted by Gasteiger charge is -2.12. The Bertz CT molecular complexity index is 884. The standard InChI is InChI=1S/C18H17F3N4/c1-3-11-4-5-12(18(19,20)21)8-13(11)14-6-7-15(25-14)16-9-17(22-2)24-10-23-16/h4-10,25H,3H2,1-2H3,(H,22,23,24). The van der Waals surface area contributed by atoms with Crippen molar-refractivity contribution in [2.24, 2.45) is 0 Å². The fourth-order valence-corrected chi connectivity index (χ4v) is 2.65. The summed E-state index contributed by atoms with van der Waals surface area (Å²) in [7, 11) is 1.75. The molecule has 0 aliphatic rings. The van der Waals surface area contributed by atoms with E-state index in [0.717, 1.165) is 11.6 Å². The molecule has 2 aromatic heterocycles. The van der Waals surface area contributed by atoms with Crippen molar-refractivity contribution in [2.45, 2.75) is 19.5 Å². The molecular formula is C18H17F3N4. The molecule has 0 bridgehead atoms. The van der Waals surface area contributed by atoms with E-state index in [1.165, 1.54) is 18.5 Å². The number of rotatable bonds is 4. The van der Waals surface area contributed by atoms with E-state index in [9.17, 15) is 13.2 Å². The maximum Gasteiger partial charge on any atom is 0.416 e. The van der Waals surface area contributed by atoms with E-state index in [1.54, 1.807) is 25.2 Å². The number of nitrogens with zero attached hydrogens (tertiary/aromatic N) is 2. The number of aromatic amines is 1. The molecule has 3 rings (SSSR count). The molecule has 0 saturated carbocycles. The molecule has 0 unspecified atom stereocenters. The maximum atomic E-state index is 13.0. The second-order valence-electron chi connectivity index (χ2n) is 5.55. The largest absolute Gasteiger partial charge is 0.416 e. The summed E-state index contributed by atoms with van der Waals surface area (Å²) in [6, 6.07) is 9.18. The van der Waals surface area contributed by atoms with Crippen LogP contribution in [0.3, 0.4) is 0 Å². The average molecular weight is 346 g/mol. The normalized spacial score (nSPS) is 11.6. The number of anilines is 1. The van der Waals surface area contributed by atoms with Crippen molar-refractivity contribution in [1.82, 2.24) is 15.0 Å². The molecule has 0 amide bonds. The number of benzene rings is 1. The Morgan fingerprint density at radius 3 is 2.48 bits per heavy atom. The van der Waals surface area contributed by atoms with Gasteiger partial charge in [0.2, 0.25) is 0 Å². The van der Waals surface area contributed by atoms with Crippen LogP contribution in [0.4, 0.5) is 19.0 Å². The molecule has 0 radical (unpaired) electrons. The van der Waals surface area contributed by atoms with Crippen molar-refractivity contribution in [3.8, 4) is 22.6 Å². The number of nitrogens with one attached hydrogen (secondary N) is 2. The van der Waals surface area contributed by atoms with E-state index < -0.39 is 11.7 Å². The second-order valence-corrected chi connectivity index (χ2v) is 5.55. The molecule has 1 aromatic carbocycles. The summed E-state index contributed by atoms with van der Waals surface area (Å²) < 4.78 is 39.1. The predicted molar refractivity (Wildman–Crippen MR) is 91.2 cm³/mol. The summed E-state index contributed by atoms with van der Waals surface area (Å²) in [6.45, 7) is 1.92. The van der Waals surface area contributed by atoms with E-state index >= 15 is 0 Å². The van der Waals surface area contributed by atoms with Crippen LogP contribution < -0.4 is 5.32 Å². The number of hydrogen-bond donors (Lipinski definition) is 2. The van der Waals surface area contributed by atoms with E-state index in [1.807, 2.05) is 6.92 Å². The van der Waals surface area contributed by atoms with Gasteiger partial charge in [-0.25, -0.2) is 9.97 Å². The van der Waals surface area contributed by atoms with Crippen LogP contribution >= 0.6 is 0 Å². The van der Waals surface area contributed by atoms with Gasteiger partial charge in [-0.3, -0.25) is 0 Å². The van der Waals surface area contributed by atoms with Gasteiger partial charge in [0.15, 0.2) is 0 Å². The minimum Gasteiger partial charge on any atom is -0.373 e. The van der Waals surface area contributed by atoms with Crippen molar-refractivity contribution in [1.29, 1.82) is 0 Å². The molecule has 0 aliphatic carbocycles. The van der Waals surface area contributed by atoms with Crippen LogP contribution in [0.25, 0.3) is 22.6 Å². The van der Waals surface area contributed by atoms with Gasteiger partial charge in [0.25, 0.3) is 0 Å². The van der Waals surface area contributed by atoms with Crippen LogP contribution in [0, 0.1) is 0 Å². The molecule has 2 N–H and O–H groups in total. The first-order chi connectivity index (χ1) is 11.9. The molecule has 0 atom stereocenters. The molecular weight excluding hydrogens is 329 g/mol. The first-order valence-corrected chi connectivity index (χ1v) is 7.82. The fraction of sp³-hybridized carbons (Fsp3) is 0.222. The van der Waals surface area contributed by atoms with Crippen molar-refractivity contribution in [3.63, 3.8) is 0 Å². The van der Waals surface area contributed by atoms with Crippen molar-refractivity contribution in [3.05, 3.63) is 53.9 Å². The van der Waals surface area contributed by atoms with Crippen LogP contribution in [0.5, 0.6) is 0 Å². The zero-order valence-corrected chi connectivity index (χ0v) is 13.8. The first-order valence-electron chi connectivity index (χ1n) is 7.82. The van der Waals surface area contributed by atoms with E-state index in [-0.39, 0.29) is 0 Å². The lowest BCUT2D eigenvalue weighted by Crippen LogP contribution is -2.05. The number of hydrogen-bond acceptors (Lipinski definition) is 3. The Kier molecular flexibility index (Phi) is 4.48. The van der Waals surface area contributed by atoms with Crippen molar-refractivity contribution < 1.29 is 13.2 Å². The van der Waals surface area contributed by atoms with Crippen LogP contribution in [0.1, 0.15) is 18.1 Å². The lowest BCUT2D eigenvalue weighted by molar-refractivity contribution is -0.137. The molecule has 7 heteroatoms. The third-order valence-electron chi connectivity index (χ3n) is 3.99. The monoisotopic (exact) mass is 346 g/mol. The van der Waals surface area contributed by atoms with Gasteiger partial charge in [-0.1, -0.05) is 13.0 Å². The predicted octanol–water partition coefficient (Wildman–Crippen LogP) is 4.76. The van der Waals surface area contributed by atoms with Gasteiger partial charge in [-0.15, -0.1) is 0 Å². The Morgan fingerprint density at radius 1 is 1.04 bits per heavy atom. The highest BCUT2D eigenvalue weighted by Crippen LogP contribution is 2.34. The second kappa shape index (κ2) is 6.58. The number of alkyl halides is 3. The first kappa shape index (κ1) is 17.0. The van der Waals surface area contributed by atoms with Gasteiger partial charge < -0.3 is 10.3 Å². The summed E-state index contributed by atoms with van der Waals surface area (Å²) in [4.78, 5) is 11.4. The molecule has 4 nitrogen and oxygen atoms in total. The molecule has 130 valence electrons. The molecule has 25 heavy (non-hydrogen) atoms. The van der Waals surface area contributed by atoms with E-state index in [0.29, 0.717) is 34.9 Å². The minimum atomic E-state index is -4.37. The smallest absolute Gasteiger partial charge is 0.373 e. The van der Waals surface area contributed by atoms with Gasteiger partial charge >= 0.3 is 6.18 Å². The third kappa shape index (κ3) is 3.50. The lowest BCUT2D eigenvalue weighted by atomic mass is 9.99. The summed E-state index contributed by atoms with van der Waals surface area (Å²) in [5.74, 6) is 0.662. The Balaban J connectivity index is 2.04. The highest BCUT2D eigenvalue weighted by Gasteiger charge is 2.31. The van der Waals surface area contributed by atoms with E-state index in [4.69, 9.17) is 0 Å². The van der Waals surface area contributed by atoms with Crippen molar-refractivity contribution in [2.75, 3.05) is 12.4 Å². The molecule has 3 aromatic rings. The van der Waals surface area contributed by atoms with Gasteiger partial charge in [0.1, 0.15) is 12.1 Å². The number of aromatic nitrogens is 3. The van der Waals surface area contributed by atoms with Crippen LogP contribution in [-0.4, -0.2) is 22.0 Å². The highest BCUT2D eigenvalue weighted by atomic mass is 19.4. The van der Waals surface area contributed by atoms with E-state index in [2.05, 4.69) is 20.3 Å². The van der Waals surface area contributed by atoms with Crippen molar-refractivity contribution >= 4 is 5.82 Å². The Morgan fingerprint density at radius 2 is 1.80 bits per heavy atom. The maximum absolute atomic E-state index is 13.0. The number of aryl methyl sites for hydroxylation is 1. The summed E-state index contributed by atoms with van der Waals surface area (Å²) in [6.07, 6.45) is -2.30. The zero-order valence-electron chi connectivity index (χ0n) is 13.8. The number of H-pyrrole nitrogens is 1. The van der Waals surface area contributed by atoms with Gasteiger partial charge in [0, 0.05) is 24.4 Å². The molecule has 0 aliphatic heterocycles. The zero-order chi connectivity index (χ0) is 18.0. The van der Waals surface area contributed by atoms with Gasteiger partial charge in [-0.05, 0) is 36.2 Å². The molecule has 0 fully saturated rings. The van der Waals surface area contributed by atoms with Gasteiger partial charge in [-0.2, -0.15) is 13.2 Å². The summed E-state index contributed by atoms with van der Waals surface area (Å²) in [5.41, 5.74) is 2.74. The number of halogens is 3. The molecule has 0 spiro atoms. The third-order valence-corrected chi connectivity index (χ3v) is 3.99. The quantitative estimate of drug-likeness (QED) is 0.716. The Labute approximate surface area is 143 Å². The van der Waals surface area contributed by atoms with Crippen LogP contribution in [0.15, 0.2) is 42.7 Å². The van der Waals surface area contributed by atoms with Crippen LogP contribution in [-0.2, 0) is 12.6 Å². The molecule has 0 saturated heterocycles. The average Bonchev–Trinajstić information content (AvgIpc) is 3.10. The van der Waals surface area contributed by atoms with Gasteiger partial charge in [0.05, 0.1) is 17.0 Å². The topological polar surface area (TPSA) is 53.6 Å². The highest BCUT2D eigenvalue weighted by molar-refractivity contribution is 5.70. The van der Waals surface area contributed by atoms with Crippen LogP contribution in [0.2, 0.25) is 0 Å². The molecule has 2 heterocycles. The summed E-state index contributed by atoms with van der Waals surface area (Å²) >= 11 is 0. The fourth-order valence-electron chi connectivity index (χ4n) is 2.65. The Hall–Kier alpha value is -2.83. The minimum absolute atomic E-state index is 0.548. The summed E-state index contributed by atoms with van der Waals surface area (Å²) in [5, 5.41) is 2.93. The SMILES string of the molecule is CCc1ccc(C(F)(F)F)cc1-c1ccc(-c2cc(NC)ncn2)[nH]1.